The van der Waals surface area contributed by atoms with Gasteiger partial charge in [0, 0.05) is 0 Å². The first-order valence-electron chi connectivity index (χ1n) is 2.24. The Bertz CT molecular complexity index is 70.1. The van der Waals surface area contributed by atoms with Crippen LogP contribution in [0.4, 0.5) is 0 Å². The van der Waals surface area contributed by atoms with Crippen molar-refractivity contribution in [2.24, 2.45) is 5.73 Å². The maximum atomic E-state index is 9.99. The molecule has 0 aliphatic carbocycles. The zero-order chi connectivity index (χ0) is 5.86. The van der Waals surface area contributed by atoms with Crippen LogP contribution in [-0.2, 0) is 4.79 Å². The number of hydrogen-bond acceptors (Lipinski definition) is 1. The summed E-state index contributed by atoms with van der Waals surface area (Å²) in [6.45, 7) is 1.85. The Kier molecular flexibility index (Phi) is 2.37. The van der Waals surface area contributed by atoms with Crippen molar-refractivity contribution in [1.82, 2.24) is 0 Å². The highest BCUT2D eigenvalue weighted by molar-refractivity contribution is 5.74. The zero-order valence-corrected chi connectivity index (χ0v) is 4.48. The molecule has 0 saturated heterocycles. The van der Waals surface area contributed by atoms with Crippen LogP contribution in [0.15, 0.2) is 0 Å². The third-order valence-corrected chi connectivity index (χ3v) is 0.550. The first-order valence-corrected chi connectivity index (χ1v) is 2.24. The largest absolute Gasteiger partial charge is 0.369 e. The predicted molar refractivity (Wildman–Crippen MR) is 26.2 cm³/mol. The predicted octanol–water partition coefficient (Wildman–Crippen LogP) is -1.51. The Morgan fingerprint density at radius 3 is 2.43 bits per heavy atom. The number of quaternary nitrogens is 1. The van der Waals surface area contributed by atoms with Gasteiger partial charge in [-0.05, 0) is 6.92 Å². The molecule has 42 valence electrons. The molecule has 0 unspecified atom stereocenters. The summed E-state index contributed by atoms with van der Waals surface area (Å²) < 4.78 is 0. The van der Waals surface area contributed by atoms with Crippen LogP contribution >= 0.6 is 0 Å². The third-order valence-electron chi connectivity index (χ3n) is 0.550. The van der Waals surface area contributed by atoms with Gasteiger partial charge in [-0.2, -0.15) is 0 Å². The smallest absolute Gasteiger partial charge is 0.223 e. The highest BCUT2D eigenvalue weighted by Gasteiger charge is 1.99. The van der Waals surface area contributed by atoms with Crippen molar-refractivity contribution in [3.8, 4) is 0 Å². The summed E-state index contributed by atoms with van der Waals surface area (Å²) in [5.41, 5.74) is 8.39. The molecule has 1 amide bonds. The molecule has 0 aliphatic heterocycles. The minimum atomic E-state index is -0.275. The Morgan fingerprint density at radius 1 is 2.00 bits per heavy atom. The fourth-order valence-electron chi connectivity index (χ4n) is 0.343. The minimum Gasteiger partial charge on any atom is -0.369 e. The molecule has 0 bridgehead atoms. The summed E-state index contributed by atoms with van der Waals surface area (Å²) in [6.07, 6.45) is 0.389. The molecule has 3 nitrogen and oxygen atoms in total. The molecule has 0 aliphatic rings. The second kappa shape index (κ2) is 2.58. The number of amides is 1. The summed E-state index contributed by atoms with van der Waals surface area (Å²) in [7, 11) is 0. The normalized spacial score (nSPS) is 13.4. The number of nitrogens with two attached hydrogens (primary N) is 1. The van der Waals surface area contributed by atoms with E-state index in [0.29, 0.717) is 6.42 Å². The van der Waals surface area contributed by atoms with Gasteiger partial charge in [-0.1, -0.05) is 0 Å². The van der Waals surface area contributed by atoms with Gasteiger partial charge < -0.3 is 11.5 Å². The molecular weight excluding hydrogens is 92.1 g/mol. The lowest BCUT2D eigenvalue weighted by molar-refractivity contribution is -0.412. The van der Waals surface area contributed by atoms with Gasteiger partial charge in [0.2, 0.25) is 5.91 Å². The van der Waals surface area contributed by atoms with Gasteiger partial charge in [-0.15, -0.1) is 0 Å². The first kappa shape index (κ1) is 6.43. The molecule has 0 saturated carbocycles. The summed E-state index contributed by atoms with van der Waals surface area (Å²) in [4.78, 5) is 9.99. The van der Waals surface area contributed by atoms with Crippen molar-refractivity contribution < 1.29 is 10.5 Å². The van der Waals surface area contributed by atoms with E-state index in [4.69, 9.17) is 5.73 Å². The van der Waals surface area contributed by atoms with Crippen LogP contribution in [0, 0.1) is 0 Å². The summed E-state index contributed by atoms with van der Waals surface area (Å²) in [5.74, 6) is -0.275. The summed E-state index contributed by atoms with van der Waals surface area (Å²) in [5, 5.41) is 0. The van der Waals surface area contributed by atoms with Crippen LogP contribution in [0.2, 0.25) is 0 Å². The molecule has 0 rings (SSSR count). The molecule has 0 spiro atoms. The molecule has 0 aromatic heterocycles. The zero-order valence-electron chi connectivity index (χ0n) is 4.48. The number of hydrogen-bond donors (Lipinski definition) is 2. The monoisotopic (exact) mass is 103 g/mol. The van der Waals surface area contributed by atoms with Gasteiger partial charge in [-0.25, -0.2) is 0 Å². The van der Waals surface area contributed by atoms with Crippen molar-refractivity contribution in [2.45, 2.75) is 19.4 Å². The molecule has 0 aromatic rings. The lowest BCUT2D eigenvalue weighted by Crippen LogP contribution is -2.60. The summed E-state index contributed by atoms with van der Waals surface area (Å²) >= 11 is 0. The number of carbonyl (C=O) groups is 1. The Balaban J connectivity index is 3.13. The van der Waals surface area contributed by atoms with E-state index in [1.165, 1.54) is 0 Å². The summed E-state index contributed by atoms with van der Waals surface area (Å²) in [6, 6.07) is 0.150. The quantitative estimate of drug-likeness (QED) is 0.438. The van der Waals surface area contributed by atoms with Gasteiger partial charge in [0.05, 0.1) is 12.5 Å². The van der Waals surface area contributed by atoms with Gasteiger partial charge in [0.15, 0.2) is 0 Å². The average molecular weight is 103 g/mol. The van der Waals surface area contributed by atoms with Crippen LogP contribution < -0.4 is 11.5 Å². The van der Waals surface area contributed by atoms with E-state index in [1.54, 1.807) is 0 Å². The van der Waals surface area contributed by atoms with E-state index in [9.17, 15) is 4.79 Å². The Labute approximate surface area is 42.7 Å². The second-order valence-corrected chi connectivity index (χ2v) is 1.78. The van der Waals surface area contributed by atoms with Crippen LogP contribution in [0.1, 0.15) is 13.3 Å². The molecule has 5 N–H and O–H groups in total. The van der Waals surface area contributed by atoms with Gasteiger partial charge in [-0.3, -0.25) is 4.79 Å². The lowest BCUT2D eigenvalue weighted by atomic mass is 10.2. The maximum absolute atomic E-state index is 9.99. The molecule has 0 heterocycles. The average Bonchev–Trinajstić information content (AvgIpc) is 1.27. The first-order chi connectivity index (χ1) is 3.13. The minimum absolute atomic E-state index is 0.150. The number of carbonyl (C=O) groups excluding carboxylic acids is 1. The molecule has 0 fully saturated rings. The third kappa shape index (κ3) is 5.43. The van der Waals surface area contributed by atoms with Crippen molar-refractivity contribution in [1.29, 1.82) is 0 Å². The molecule has 3 heteroatoms. The van der Waals surface area contributed by atoms with Crippen LogP contribution in [-0.4, -0.2) is 11.9 Å². The fourth-order valence-corrected chi connectivity index (χ4v) is 0.343. The Hall–Kier alpha value is -0.570. The van der Waals surface area contributed by atoms with E-state index in [1.807, 2.05) is 6.92 Å². The van der Waals surface area contributed by atoms with E-state index in [2.05, 4.69) is 5.73 Å². The molecule has 1 atom stereocenters. The van der Waals surface area contributed by atoms with Gasteiger partial charge in [0.25, 0.3) is 0 Å². The highest BCUT2D eigenvalue weighted by atomic mass is 16.1. The van der Waals surface area contributed by atoms with E-state index in [0.717, 1.165) is 0 Å². The standard InChI is InChI=1S/C4H10N2O/c1-3(5)2-4(6)7/h3H,2,5H2,1H3,(H2,6,7)/p+1/t3-/m1/s1. The molecular formula is C4H11N2O+. The van der Waals surface area contributed by atoms with Crippen molar-refractivity contribution >= 4 is 5.91 Å². The van der Waals surface area contributed by atoms with Crippen molar-refractivity contribution in [2.75, 3.05) is 0 Å². The van der Waals surface area contributed by atoms with E-state index < -0.39 is 0 Å². The van der Waals surface area contributed by atoms with Crippen LogP contribution in [0.3, 0.4) is 0 Å². The lowest BCUT2D eigenvalue weighted by Gasteiger charge is -1.92. The molecule has 7 heavy (non-hydrogen) atoms. The second-order valence-electron chi connectivity index (χ2n) is 1.78. The topological polar surface area (TPSA) is 70.7 Å². The van der Waals surface area contributed by atoms with E-state index in [-0.39, 0.29) is 11.9 Å². The van der Waals surface area contributed by atoms with Crippen LogP contribution in [0.25, 0.3) is 0 Å². The van der Waals surface area contributed by atoms with E-state index >= 15 is 0 Å². The van der Waals surface area contributed by atoms with Crippen molar-refractivity contribution in [3.05, 3.63) is 0 Å². The molecule has 0 aromatic carbocycles. The molecule has 0 radical (unpaired) electrons. The highest BCUT2D eigenvalue weighted by Crippen LogP contribution is 1.77. The number of rotatable bonds is 2. The Morgan fingerprint density at radius 2 is 2.43 bits per heavy atom. The fraction of sp³-hybridized carbons (Fsp3) is 0.750. The van der Waals surface area contributed by atoms with Crippen molar-refractivity contribution in [3.63, 3.8) is 0 Å². The number of primary amides is 1. The van der Waals surface area contributed by atoms with Gasteiger partial charge in [0.1, 0.15) is 0 Å². The van der Waals surface area contributed by atoms with Crippen LogP contribution in [0.5, 0.6) is 0 Å². The van der Waals surface area contributed by atoms with Gasteiger partial charge >= 0.3 is 0 Å². The SMILES string of the molecule is C[C@@H]([NH3+])CC(N)=O. The maximum Gasteiger partial charge on any atom is 0.223 e.